The highest BCUT2D eigenvalue weighted by atomic mass is 16.5. The fraction of sp³-hybridized carbons (Fsp3) is 0.222. The predicted molar refractivity (Wildman–Crippen MR) is 87.4 cm³/mol. The molecule has 0 saturated heterocycles. The summed E-state index contributed by atoms with van der Waals surface area (Å²) in [7, 11) is 3.09. The summed E-state index contributed by atoms with van der Waals surface area (Å²) in [5.41, 5.74) is 1.36. The lowest BCUT2D eigenvalue weighted by atomic mass is 9.99. The van der Waals surface area contributed by atoms with Gasteiger partial charge in [-0.3, -0.25) is 4.79 Å². The number of hydrogen-bond acceptors (Lipinski definition) is 4. The van der Waals surface area contributed by atoms with Gasteiger partial charge in [0.25, 0.3) is 0 Å². The first-order valence-electron chi connectivity index (χ1n) is 7.15. The Bertz CT molecular complexity index is 722. The molecule has 0 aliphatic heterocycles. The van der Waals surface area contributed by atoms with Crippen molar-refractivity contribution in [3.8, 4) is 17.6 Å². The minimum atomic E-state index is -0.823. The van der Waals surface area contributed by atoms with Crippen molar-refractivity contribution >= 4 is 11.6 Å². The quantitative estimate of drug-likeness (QED) is 0.890. The zero-order valence-electron chi connectivity index (χ0n) is 13.1. The second-order valence-electron chi connectivity index (χ2n) is 4.89. The number of rotatable bonds is 6. The summed E-state index contributed by atoms with van der Waals surface area (Å²) in [5.74, 6) is 0.0202. The Morgan fingerprint density at radius 1 is 1.09 bits per heavy atom. The fourth-order valence-corrected chi connectivity index (χ4v) is 2.26. The van der Waals surface area contributed by atoms with Crippen LogP contribution in [0.3, 0.4) is 0 Å². The first kappa shape index (κ1) is 16.4. The van der Waals surface area contributed by atoms with Crippen LogP contribution in [0.4, 0.5) is 5.69 Å². The molecule has 23 heavy (non-hydrogen) atoms. The van der Waals surface area contributed by atoms with E-state index in [9.17, 15) is 10.1 Å². The molecule has 0 aliphatic rings. The maximum Gasteiger partial charge on any atom is 0.242 e. The van der Waals surface area contributed by atoms with Gasteiger partial charge in [0.05, 0.1) is 26.0 Å². The van der Waals surface area contributed by atoms with Gasteiger partial charge in [-0.05, 0) is 23.8 Å². The van der Waals surface area contributed by atoms with Gasteiger partial charge >= 0.3 is 0 Å². The van der Waals surface area contributed by atoms with Crippen molar-refractivity contribution in [3.63, 3.8) is 0 Å². The van der Waals surface area contributed by atoms with Gasteiger partial charge in [-0.15, -0.1) is 0 Å². The van der Waals surface area contributed by atoms with E-state index in [4.69, 9.17) is 9.47 Å². The van der Waals surface area contributed by atoms with Crippen LogP contribution in [0.1, 0.15) is 5.56 Å². The third-order valence-electron chi connectivity index (χ3n) is 3.45. The lowest BCUT2D eigenvalue weighted by Crippen LogP contribution is -2.23. The van der Waals surface area contributed by atoms with Crippen molar-refractivity contribution in [2.45, 2.75) is 6.42 Å². The van der Waals surface area contributed by atoms with Crippen LogP contribution in [0.15, 0.2) is 48.5 Å². The molecule has 0 unspecified atom stereocenters. The standard InChI is InChI=1S/C18H18N2O3/c1-22-16-9-5-3-7-13(16)11-14(12-19)18(21)20-15-8-4-6-10-17(15)23-2/h3-10,14H,11H2,1-2H3,(H,20,21)/t14-/m0/s1. The molecule has 118 valence electrons. The summed E-state index contributed by atoms with van der Waals surface area (Å²) in [6.45, 7) is 0. The summed E-state index contributed by atoms with van der Waals surface area (Å²) in [6, 6.07) is 16.5. The largest absolute Gasteiger partial charge is 0.496 e. The van der Waals surface area contributed by atoms with Crippen LogP contribution in [0.25, 0.3) is 0 Å². The third-order valence-corrected chi connectivity index (χ3v) is 3.45. The van der Waals surface area contributed by atoms with Crippen molar-refractivity contribution < 1.29 is 14.3 Å². The summed E-state index contributed by atoms with van der Waals surface area (Å²) < 4.78 is 10.5. The molecule has 1 atom stereocenters. The van der Waals surface area contributed by atoms with E-state index in [1.807, 2.05) is 30.3 Å². The normalized spacial score (nSPS) is 11.2. The minimum absolute atomic E-state index is 0.279. The van der Waals surface area contributed by atoms with E-state index in [0.29, 0.717) is 17.2 Å². The molecule has 0 fully saturated rings. The van der Waals surface area contributed by atoms with Crippen LogP contribution >= 0.6 is 0 Å². The highest BCUT2D eigenvalue weighted by molar-refractivity contribution is 5.95. The van der Waals surface area contributed by atoms with E-state index < -0.39 is 5.92 Å². The number of nitrogens with zero attached hydrogens (tertiary/aromatic N) is 1. The summed E-state index contributed by atoms with van der Waals surface area (Å²) >= 11 is 0. The first-order chi connectivity index (χ1) is 11.2. The van der Waals surface area contributed by atoms with Crippen molar-refractivity contribution in [1.29, 1.82) is 5.26 Å². The molecule has 0 heterocycles. The number of carbonyl (C=O) groups is 1. The van der Waals surface area contributed by atoms with Gasteiger partial charge in [0, 0.05) is 6.42 Å². The number of nitrogens with one attached hydrogen (secondary N) is 1. The number of ether oxygens (including phenoxy) is 2. The van der Waals surface area contributed by atoms with Crippen molar-refractivity contribution in [2.75, 3.05) is 19.5 Å². The number of benzene rings is 2. The smallest absolute Gasteiger partial charge is 0.242 e. The molecule has 0 spiro atoms. The Kier molecular flexibility index (Phi) is 5.59. The molecule has 0 radical (unpaired) electrons. The molecule has 0 bridgehead atoms. The van der Waals surface area contributed by atoms with E-state index in [2.05, 4.69) is 11.4 Å². The molecule has 5 heteroatoms. The molecule has 1 amide bonds. The van der Waals surface area contributed by atoms with Crippen LogP contribution in [0, 0.1) is 17.2 Å². The topological polar surface area (TPSA) is 71.3 Å². The Balaban J connectivity index is 2.14. The number of para-hydroxylation sites is 3. The van der Waals surface area contributed by atoms with Crippen LogP contribution < -0.4 is 14.8 Å². The number of anilines is 1. The number of amides is 1. The number of carbonyl (C=O) groups excluding carboxylic acids is 1. The zero-order valence-corrected chi connectivity index (χ0v) is 13.1. The monoisotopic (exact) mass is 310 g/mol. The lowest BCUT2D eigenvalue weighted by Gasteiger charge is -2.14. The van der Waals surface area contributed by atoms with Crippen LogP contribution in [-0.2, 0) is 11.2 Å². The van der Waals surface area contributed by atoms with Gasteiger partial charge in [0.1, 0.15) is 17.4 Å². The second kappa shape index (κ2) is 7.85. The SMILES string of the molecule is COc1ccccc1C[C@@H](C#N)C(=O)Nc1ccccc1OC. The average Bonchev–Trinajstić information content (AvgIpc) is 2.60. The van der Waals surface area contributed by atoms with E-state index >= 15 is 0 Å². The molecular weight excluding hydrogens is 292 g/mol. The Labute approximate surface area is 135 Å². The Morgan fingerprint density at radius 2 is 1.70 bits per heavy atom. The molecule has 0 saturated carbocycles. The summed E-state index contributed by atoms with van der Waals surface area (Å²) in [4.78, 5) is 12.4. The molecule has 0 aromatic heterocycles. The van der Waals surface area contributed by atoms with Gasteiger partial charge in [-0.2, -0.15) is 5.26 Å². The first-order valence-corrected chi connectivity index (χ1v) is 7.15. The van der Waals surface area contributed by atoms with Gasteiger partial charge in [-0.25, -0.2) is 0 Å². The molecule has 1 N–H and O–H groups in total. The molecule has 2 aromatic rings. The molecular formula is C18H18N2O3. The maximum absolute atomic E-state index is 12.4. The highest BCUT2D eigenvalue weighted by Gasteiger charge is 2.21. The summed E-state index contributed by atoms with van der Waals surface area (Å²) in [6.07, 6.45) is 0.279. The summed E-state index contributed by atoms with van der Waals surface area (Å²) in [5, 5.41) is 12.1. The van der Waals surface area contributed by atoms with E-state index in [-0.39, 0.29) is 12.3 Å². The lowest BCUT2D eigenvalue weighted by molar-refractivity contribution is -0.118. The fourth-order valence-electron chi connectivity index (χ4n) is 2.26. The van der Waals surface area contributed by atoms with E-state index in [1.54, 1.807) is 25.3 Å². The Morgan fingerprint density at radius 3 is 2.35 bits per heavy atom. The molecule has 0 aliphatic carbocycles. The van der Waals surface area contributed by atoms with Crippen molar-refractivity contribution in [2.24, 2.45) is 5.92 Å². The zero-order chi connectivity index (χ0) is 16.7. The second-order valence-corrected chi connectivity index (χ2v) is 4.89. The van der Waals surface area contributed by atoms with Crippen molar-refractivity contribution in [1.82, 2.24) is 0 Å². The van der Waals surface area contributed by atoms with Gasteiger partial charge in [0.15, 0.2) is 0 Å². The van der Waals surface area contributed by atoms with Crippen LogP contribution in [0.2, 0.25) is 0 Å². The van der Waals surface area contributed by atoms with Gasteiger partial charge in [-0.1, -0.05) is 30.3 Å². The van der Waals surface area contributed by atoms with Crippen LogP contribution in [0.5, 0.6) is 11.5 Å². The van der Waals surface area contributed by atoms with Crippen molar-refractivity contribution in [3.05, 3.63) is 54.1 Å². The van der Waals surface area contributed by atoms with E-state index in [0.717, 1.165) is 5.56 Å². The third kappa shape index (κ3) is 4.01. The van der Waals surface area contributed by atoms with Crippen LogP contribution in [-0.4, -0.2) is 20.1 Å². The number of hydrogen-bond donors (Lipinski definition) is 1. The van der Waals surface area contributed by atoms with E-state index in [1.165, 1.54) is 7.11 Å². The number of methoxy groups -OCH3 is 2. The molecule has 2 aromatic carbocycles. The minimum Gasteiger partial charge on any atom is -0.496 e. The maximum atomic E-state index is 12.4. The number of nitriles is 1. The van der Waals surface area contributed by atoms with Gasteiger partial charge < -0.3 is 14.8 Å². The average molecular weight is 310 g/mol. The molecule has 2 rings (SSSR count). The molecule has 5 nitrogen and oxygen atoms in total. The highest BCUT2D eigenvalue weighted by Crippen LogP contribution is 2.25. The predicted octanol–water partition coefficient (Wildman–Crippen LogP) is 3.02. The van der Waals surface area contributed by atoms with Gasteiger partial charge in [0.2, 0.25) is 5.91 Å². The Hall–Kier alpha value is -3.00.